The zero-order chi connectivity index (χ0) is 26.5. The van der Waals surface area contributed by atoms with Gasteiger partial charge in [0.25, 0.3) is 0 Å². The first-order chi connectivity index (χ1) is 18.9. The molecule has 0 saturated carbocycles. The van der Waals surface area contributed by atoms with Crippen molar-refractivity contribution < 1.29 is 0 Å². The molecule has 0 radical (unpaired) electrons. The van der Waals surface area contributed by atoms with Crippen LogP contribution < -0.4 is 0 Å². The molecule has 0 aromatic heterocycles. The molecule has 0 aliphatic heterocycles. The fraction of sp³-hybridized carbons (Fsp3) is 0.105. The Morgan fingerprint density at radius 1 is 0.263 bits per heavy atom. The molecule has 0 heterocycles. The van der Waals surface area contributed by atoms with E-state index in [1.165, 1.54) is 65.3 Å². The second kappa shape index (κ2) is 11.3. The molecule has 186 valence electrons. The van der Waals surface area contributed by atoms with Gasteiger partial charge in [-0.3, -0.25) is 0 Å². The van der Waals surface area contributed by atoms with E-state index >= 15 is 0 Å². The Balaban J connectivity index is 0.000000138. The summed E-state index contributed by atoms with van der Waals surface area (Å²) in [6.07, 6.45) is 0. The van der Waals surface area contributed by atoms with Gasteiger partial charge >= 0.3 is 0 Å². The van der Waals surface area contributed by atoms with Crippen LogP contribution >= 0.6 is 0 Å². The molecular formula is C38H34. The minimum Gasteiger partial charge on any atom is -0.0683 e. The van der Waals surface area contributed by atoms with Crippen LogP contribution in [0.25, 0.3) is 65.3 Å². The van der Waals surface area contributed by atoms with E-state index in [-0.39, 0.29) is 0 Å². The summed E-state index contributed by atoms with van der Waals surface area (Å²) in [5.41, 5.74) is 5.50. The van der Waals surface area contributed by atoms with E-state index in [1.807, 2.05) is 27.7 Å². The molecule has 0 amide bonds. The van der Waals surface area contributed by atoms with Gasteiger partial charge < -0.3 is 0 Å². The van der Waals surface area contributed by atoms with Crippen LogP contribution in [-0.2, 0) is 0 Å². The minimum atomic E-state index is 1.34. The van der Waals surface area contributed by atoms with Gasteiger partial charge in [0.1, 0.15) is 0 Å². The highest BCUT2D eigenvalue weighted by Gasteiger charge is 2.19. The fourth-order valence-corrected chi connectivity index (χ4v) is 5.60. The van der Waals surface area contributed by atoms with Crippen molar-refractivity contribution in [2.45, 2.75) is 27.7 Å². The maximum Gasteiger partial charge on any atom is -0.00264 e. The molecule has 0 heteroatoms. The van der Waals surface area contributed by atoms with Crippen molar-refractivity contribution in [1.82, 2.24) is 0 Å². The third kappa shape index (κ3) is 4.23. The molecule has 0 saturated heterocycles. The normalized spacial score (nSPS) is 10.6. The van der Waals surface area contributed by atoms with E-state index < -0.39 is 0 Å². The maximum absolute atomic E-state index is 2.22. The van der Waals surface area contributed by atoms with Crippen LogP contribution in [0.1, 0.15) is 27.7 Å². The molecule has 0 fully saturated rings. The molecule has 1 aliphatic rings. The topological polar surface area (TPSA) is 0 Å². The van der Waals surface area contributed by atoms with E-state index in [9.17, 15) is 0 Å². The van der Waals surface area contributed by atoms with Crippen molar-refractivity contribution in [2.75, 3.05) is 0 Å². The van der Waals surface area contributed by atoms with E-state index in [2.05, 4.69) is 133 Å². The lowest BCUT2D eigenvalue weighted by Crippen LogP contribution is -1.81. The summed E-state index contributed by atoms with van der Waals surface area (Å²) in [5, 5.41) is 10.8. The highest BCUT2D eigenvalue weighted by atomic mass is 14.2. The second-order valence-corrected chi connectivity index (χ2v) is 8.89. The number of fused-ring (bicyclic) bond motifs is 9. The summed E-state index contributed by atoms with van der Waals surface area (Å²) in [6.45, 7) is 8.00. The average Bonchev–Trinajstić information content (AvgIpc) is 3.35. The predicted octanol–water partition coefficient (Wildman–Crippen LogP) is 11.7. The predicted molar refractivity (Wildman–Crippen MR) is 170 cm³/mol. The molecule has 1 aliphatic carbocycles. The monoisotopic (exact) mass is 490 g/mol. The smallest absolute Gasteiger partial charge is 0.00264 e. The standard InChI is InChI=1S/C18H12.C16H10.2C2H6/c1-2-8-14-13(7-1)15-9-3-4-11-17(15)18-12-6-5-10-16(14)18;1-2-8-13-12(7-1)14-9-3-5-11-6-4-10-15(13)16(11)14;2*1-2/h1-12H;1-10H;2*1-2H3. The molecule has 0 bridgehead atoms. The van der Waals surface area contributed by atoms with Gasteiger partial charge in [-0.1, -0.05) is 161 Å². The van der Waals surface area contributed by atoms with Gasteiger partial charge in [0, 0.05) is 0 Å². The molecule has 7 aromatic rings. The molecule has 0 atom stereocenters. The summed E-state index contributed by atoms with van der Waals surface area (Å²) < 4.78 is 0. The Labute approximate surface area is 226 Å². The van der Waals surface area contributed by atoms with Crippen LogP contribution in [0.5, 0.6) is 0 Å². The molecule has 0 spiro atoms. The average molecular weight is 491 g/mol. The van der Waals surface area contributed by atoms with Gasteiger partial charge in [-0.15, -0.1) is 0 Å². The second-order valence-electron chi connectivity index (χ2n) is 8.89. The molecule has 0 unspecified atom stereocenters. The molecular weight excluding hydrogens is 456 g/mol. The number of hydrogen-bond donors (Lipinski definition) is 0. The van der Waals surface area contributed by atoms with Crippen molar-refractivity contribution in [2.24, 2.45) is 0 Å². The molecule has 7 aromatic carbocycles. The summed E-state index contributed by atoms with van der Waals surface area (Å²) >= 11 is 0. The van der Waals surface area contributed by atoms with Gasteiger partial charge in [-0.05, 0) is 65.3 Å². The SMILES string of the molecule is CC.CC.c1ccc2c(c1)-c1cccc3cccc-2c13.c1ccc2c(c1)c1ccccc1c1ccccc21. The Bertz CT molecular complexity index is 1580. The maximum atomic E-state index is 2.22. The summed E-state index contributed by atoms with van der Waals surface area (Å²) in [7, 11) is 0. The van der Waals surface area contributed by atoms with E-state index in [0.717, 1.165) is 0 Å². The van der Waals surface area contributed by atoms with E-state index in [4.69, 9.17) is 0 Å². The van der Waals surface area contributed by atoms with Crippen LogP contribution in [0.3, 0.4) is 0 Å². The fourth-order valence-electron chi connectivity index (χ4n) is 5.60. The van der Waals surface area contributed by atoms with Crippen LogP contribution in [0.2, 0.25) is 0 Å². The molecule has 8 rings (SSSR count). The van der Waals surface area contributed by atoms with E-state index in [0.29, 0.717) is 0 Å². The van der Waals surface area contributed by atoms with Gasteiger partial charge in [-0.2, -0.15) is 0 Å². The summed E-state index contributed by atoms with van der Waals surface area (Å²) in [6, 6.07) is 47.7. The van der Waals surface area contributed by atoms with Crippen molar-refractivity contribution in [3.63, 3.8) is 0 Å². The minimum absolute atomic E-state index is 1.34. The third-order valence-corrected chi connectivity index (χ3v) is 7.06. The Hall–Kier alpha value is -4.42. The molecule has 38 heavy (non-hydrogen) atoms. The summed E-state index contributed by atoms with van der Waals surface area (Å²) in [5.74, 6) is 0. The largest absolute Gasteiger partial charge is 0.0683 e. The van der Waals surface area contributed by atoms with Crippen LogP contribution in [-0.4, -0.2) is 0 Å². The Morgan fingerprint density at radius 2 is 0.526 bits per heavy atom. The lowest BCUT2D eigenvalue weighted by molar-refractivity contribution is 1.50. The van der Waals surface area contributed by atoms with Crippen LogP contribution in [0.4, 0.5) is 0 Å². The van der Waals surface area contributed by atoms with Crippen molar-refractivity contribution in [3.05, 3.63) is 133 Å². The first kappa shape index (κ1) is 25.2. The number of rotatable bonds is 0. The zero-order valence-corrected chi connectivity index (χ0v) is 22.7. The first-order valence-electron chi connectivity index (χ1n) is 13.8. The Morgan fingerprint density at radius 3 is 0.842 bits per heavy atom. The number of benzene rings is 7. The quantitative estimate of drug-likeness (QED) is 0.185. The van der Waals surface area contributed by atoms with Crippen molar-refractivity contribution in [3.8, 4) is 22.3 Å². The summed E-state index contributed by atoms with van der Waals surface area (Å²) in [4.78, 5) is 0. The molecule has 0 N–H and O–H groups in total. The van der Waals surface area contributed by atoms with Crippen molar-refractivity contribution in [1.29, 1.82) is 0 Å². The third-order valence-electron chi connectivity index (χ3n) is 7.06. The highest BCUT2D eigenvalue weighted by molar-refractivity contribution is 6.25. The van der Waals surface area contributed by atoms with E-state index in [1.54, 1.807) is 0 Å². The van der Waals surface area contributed by atoms with Gasteiger partial charge in [-0.25, -0.2) is 0 Å². The number of hydrogen-bond acceptors (Lipinski definition) is 0. The Kier molecular flexibility index (Phi) is 7.52. The lowest BCUT2D eigenvalue weighted by atomic mass is 9.95. The van der Waals surface area contributed by atoms with Gasteiger partial charge in [0.05, 0.1) is 0 Å². The lowest BCUT2D eigenvalue weighted by Gasteiger charge is -2.09. The molecule has 0 nitrogen and oxygen atoms in total. The highest BCUT2D eigenvalue weighted by Crippen LogP contribution is 2.46. The first-order valence-corrected chi connectivity index (χ1v) is 13.8. The van der Waals surface area contributed by atoms with Gasteiger partial charge in [0.2, 0.25) is 0 Å². The van der Waals surface area contributed by atoms with Crippen LogP contribution in [0, 0.1) is 0 Å². The van der Waals surface area contributed by atoms with Crippen LogP contribution in [0.15, 0.2) is 133 Å². The van der Waals surface area contributed by atoms with Crippen molar-refractivity contribution >= 4 is 43.1 Å². The zero-order valence-electron chi connectivity index (χ0n) is 22.7. The van der Waals surface area contributed by atoms with Gasteiger partial charge in [0.15, 0.2) is 0 Å².